The fraction of sp³-hybridized carbons (Fsp3) is 0.533. The predicted molar refractivity (Wildman–Crippen MR) is 73.2 cm³/mol. The number of esters is 1. The number of benzene rings is 1. The van der Waals surface area contributed by atoms with Gasteiger partial charge in [-0.15, -0.1) is 0 Å². The van der Waals surface area contributed by atoms with E-state index in [9.17, 15) is 4.79 Å². The Morgan fingerprint density at radius 1 is 1.33 bits per heavy atom. The van der Waals surface area contributed by atoms with Crippen molar-refractivity contribution in [1.82, 2.24) is 4.90 Å². The van der Waals surface area contributed by atoms with E-state index in [-0.39, 0.29) is 12.0 Å². The zero-order valence-electron chi connectivity index (χ0n) is 11.6. The van der Waals surface area contributed by atoms with Gasteiger partial charge in [-0.25, -0.2) is 0 Å². The van der Waals surface area contributed by atoms with Crippen LogP contribution in [0.5, 0.6) is 0 Å². The van der Waals surface area contributed by atoms with Crippen molar-refractivity contribution in [3.8, 4) is 0 Å². The highest BCUT2D eigenvalue weighted by molar-refractivity contribution is 5.75. The molecule has 0 aliphatic rings. The highest BCUT2D eigenvalue weighted by Gasteiger charge is 2.23. The summed E-state index contributed by atoms with van der Waals surface area (Å²) >= 11 is 0. The van der Waals surface area contributed by atoms with Gasteiger partial charge in [-0.05, 0) is 19.0 Å². The van der Waals surface area contributed by atoms with Crippen molar-refractivity contribution >= 4 is 5.97 Å². The van der Waals surface area contributed by atoms with Crippen molar-refractivity contribution in [2.45, 2.75) is 38.8 Å². The van der Waals surface area contributed by atoms with Crippen LogP contribution in [0.25, 0.3) is 0 Å². The number of unbranched alkanes of at least 4 members (excludes halogenated alkanes) is 1. The van der Waals surface area contributed by atoms with Gasteiger partial charge in [0.1, 0.15) is 6.04 Å². The van der Waals surface area contributed by atoms with E-state index in [2.05, 4.69) is 24.0 Å². The van der Waals surface area contributed by atoms with Gasteiger partial charge < -0.3 is 4.74 Å². The molecule has 0 bridgehead atoms. The zero-order chi connectivity index (χ0) is 13.4. The lowest BCUT2D eigenvalue weighted by Gasteiger charge is -2.25. The molecule has 0 aromatic heterocycles. The number of hydrogen-bond acceptors (Lipinski definition) is 3. The predicted octanol–water partition coefficient (Wildman–Crippen LogP) is 2.85. The summed E-state index contributed by atoms with van der Waals surface area (Å²) in [6.45, 7) is 2.90. The van der Waals surface area contributed by atoms with Gasteiger partial charge in [0.25, 0.3) is 0 Å². The number of carbonyl (C=O) groups is 1. The van der Waals surface area contributed by atoms with E-state index in [1.807, 2.05) is 25.2 Å². The van der Waals surface area contributed by atoms with Gasteiger partial charge in [0.2, 0.25) is 0 Å². The molecule has 100 valence electrons. The Hall–Kier alpha value is -1.35. The third kappa shape index (κ3) is 4.49. The summed E-state index contributed by atoms with van der Waals surface area (Å²) in [5.41, 5.74) is 1.21. The summed E-state index contributed by atoms with van der Waals surface area (Å²) < 4.78 is 4.89. The molecule has 18 heavy (non-hydrogen) atoms. The molecule has 0 spiro atoms. The third-order valence-electron chi connectivity index (χ3n) is 3.11. The van der Waals surface area contributed by atoms with Gasteiger partial charge in [0.05, 0.1) is 7.11 Å². The molecule has 3 heteroatoms. The summed E-state index contributed by atoms with van der Waals surface area (Å²) in [6.07, 6.45) is 2.98. The molecule has 0 saturated carbocycles. The van der Waals surface area contributed by atoms with E-state index < -0.39 is 0 Å². The molecule has 1 rings (SSSR count). The molecule has 0 aliphatic carbocycles. The van der Waals surface area contributed by atoms with E-state index in [4.69, 9.17) is 4.74 Å². The van der Waals surface area contributed by atoms with Crippen LogP contribution in [0.4, 0.5) is 0 Å². The van der Waals surface area contributed by atoms with E-state index in [0.717, 1.165) is 25.8 Å². The fourth-order valence-corrected chi connectivity index (χ4v) is 2.03. The minimum Gasteiger partial charge on any atom is -0.468 e. The lowest BCUT2D eigenvalue weighted by atomic mass is 10.1. The second kappa shape index (κ2) is 7.88. The zero-order valence-corrected chi connectivity index (χ0v) is 11.6. The smallest absolute Gasteiger partial charge is 0.323 e. The molecule has 0 radical (unpaired) electrons. The number of carbonyl (C=O) groups excluding carboxylic acids is 1. The summed E-state index contributed by atoms with van der Waals surface area (Å²) in [4.78, 5) is 13.9. The molecular weight excluding hydrogens is 226 g/mol. The highest BCUT2D eigenvalue weighted by Crippen LogP contribution is 2.12. The minimum absolute atomic E-state index is 0.137. The molecular formula is C15H23NO2. The average Bonchev–Trinajstić information content (AvgIpc) is 2.40. The van der Waals surface area contributed by atoms with Crippen LogP contribution in [0, 0.1) is 0 Å². The molecule has 0 amide bonds. The van der Waals surface area contributed by atoms with Crippen LogP contribution >= 0.6 is 0 Å². The monoisotopic (exact) mass is 249 g/mol. The van der Waals surface area contributed by atoms with Gasteiger partial charge in [-0.1, -0.05) is 50.1 Å². The van der Waals surface area contributed by atoms with Crippen LogP contribution in [0.3, 0.4) is 0 Å². The van der Waals surface area contributed by atoms with Crippen molar-refractivity contribution in [3.05, 3.63) is 35.9 Å². The number of likely N-dealkylation sites (N-methyl/N-ethyl adjacent to an activating group) is 1. The summed E-state index contributed by atoms with van der Waals surface area (Å²) in [7, 11) is 3.43. The van der Waals surface area contributed by atoms with Crippen molar-refractivity contribution < 1.29 is 9.53 Å². The Morgan fingerprint density at radius 3 is 2.56 bits per heavy atom. The first-order valence-corrected chi connectivity index (χ1v) is 6.51. The maximum Gasteiger partial charge on any atom is 0.323 e. The maximum absolute atomic E-state index is 11.8. The Labute approximate surface area is 110 Å². The topological polar surface area (TPSA) is 29.5 Å². The number of methoxy groups -OCH3 is 1. The number of hydrogen-bond donors (Lipinski definition) is 0. The van der Waals surface area contributed by atoms with Gasteiger partial charge in [-0.2, -0.15) is 0 Å². The molecule has 1 atom stereocenters. The lowest BCUT2D eigenvalue weighted by molar-refractivity contribution is -0.147. The third-order valence-corrected chi connectivity index (χ3v) is 3.11. The standard InChI is InChI=1S/C15H23NO2/c1-4-5-11-14(15(17)18-3)16(2)12-13-9-7-6-8-10-13/h6-10,14H,4-5,11-12H2,1-3H3. The first-order chi connectivity index (χ1) is 8.69. The van der Waals surface area contributed by atoms with Gasteiger partial charge >= 0.3 is 5.97 Å². The van der Waals surface area contributed by atoms with Crippen LogP contribution in [0.15, 0.2) is 30.3 Å². The quantitative estimate of drug-likeness (QED) is 0.696. The van der Waals surface area contributed by atoms with E-state index >= 15 is 0 Å². The number of ether oxygens (including phenoxy) is 1. The minimum atomic E-state index is -0.143. The summed E-state index contributed by atoms with van der Waals surface area (Å²) in [5, 5.41) is 0. The summed E-state index contributed by atoms with van der Waals surface area (Å²) in [5.74, 6) is -0.137. The largest absolute Gasteiger partial charge is 0.468 e. The van der Waals surface area contributed by atoms with Crippen molar-refractivity contribution in [2.75, 3.05) is 14.2 Å². The van der Waals surface area contributed by atoms with Crippen LogP contribution in [-0.2, 0) is 16.1 Å². The van der Waals surface area contributed by atoms with Gasteiger partial charge in [0, 0.05) is 6.54 Å². The molecule has 0 fully saturated rings. The van der Waals surface area contributed by atoms with Crippen LogP contribution in [0.2, 0.25) is 0 Å². The molecule has 1 unspecified atom stereocenters. The van der Waals surface area contributed by atoms with Crippen LogP contribution in [-0.4, -0.2) is 31.1 Å². The van der Waals surface area contributed by atoms with Crippen LogP contribution in [0.1, 0.15) is 31.7 Å². The summed E-state index contributed by atoms with van der Waals surface area (Å²) in [6, 6.07) is 10.0. The van der Waals surface area contributed by atoms with Crippen molar-refractivity contribution in [3.63, 3.8) is 0 Å². The molecule has 0 heterocycles. The molecule has 0 saturated heterocycles. The molecule has 1 aromatic carbocycles. The van der Waals surface area contributed by atoms with Gasteiger partial charge in [0.15, 0.2) is 0 Å². The maximum atomic E-state index is 11.8. The van der Waals surface area contributed by atoms with Gasteiger partial charge in [-0.3, -0.25) is 9.69 Å². The first kappa shape index (κ1) is 14.7. The normalized spacial score (nSPS) is 12.4. The molecule has 0 N–H and O–H groups in total. The van der Waals surface area contributed by atoms with Crippen LogP contribution < -0.4 is 0 Å². The lowest BCUT2D eigenvalue weighted by Crippen LogP contribution is -2.38. The molecule has 1 aromatic rings. The highest BCUT2D eigenvalue weighted by atomic mass is 16.5. The Balaban J connectivity index is 2.63. The van der Waals surface area contributed by atoms with E-state index in [1.165, 1.54) is 12.7 Å². The fourth-order valence-electron chi connectivity index (χ4n) is 2.03. The van der Waals surface area contributed by atoms with Crippen molar-refractivity contribution in [2.24, 2.45) is 0 Å². The Kier molecular flexibility index (Phi) is 6.44. The van der Waals surface area contributed by atoms with E-state index in [0.29, 0.717) is 0 Å². The number of rotatable bonds is 7. The Bertz CT molecular complexity index is 351. The Morgan fingerprint density at radius 2 is 2.00 bits per heavy atom. The molecule has 0 aliphatic heterocycles. The van der Waals surface area contributed by atoms with Crippen molar-refractivity contribution in [1.29, 1.82) is 0 Å². The number of nitrogens with zero attached hydrogens (tertiary/aromatic N) is 1. The second-order valence-corrected chi connectivity index (χ2v) is 4.58. The van der Waals surface area contributed by atoms with E-state index in [1.54, 1.807) is 0 Å². The molecule has 3 nitrogen and oxygen atoms in total. The second-order valence-electron chi connectivity index (χ2n) is 4.58. The first-order valence-electron chi connectivity index (χ1n) is 6.51. The average molecular weight is 249 g/mol. The SMILES string of the molecule is CCCCC(C(=O)OC)N(C)Cc1ccccc1.